The number of nitrogens with one attached hydrogen (secondary N) is 1. The SMILES string of the molecule is CC(C)CC1C(C(=O)O)=C(C(F)(F)F)NC(=O)C1C. The van der Waals surface area contributed by atoms with Crippen molar-refractivity contribution in [2.45, 2.75) is 33.4 Å². The topological polar surface area (TPSA) is 66.4 Å². The van der Waals surface area contributed by atoms with Gasteiger partial charge in [-0.15, -0.1) is 0 Å². The van der Waals surface area contributed by atoms with Crippen molar-refractivity contribution in [2.75, 3.05) is 0 Å². The molecule has 2 unspecified atom stereocenters. The average Bonchev–Trinajstić information content (AvgIpc) is 2.21. The number of hydrogen-bond acceptors (Lipinski definition) is 2. The number of alkyl halides is 3. The molecule has 1 rings (SSSR count). The van der Waals surface area contributed by atoms with Crippen LogP contribution in [0.25, 0.3) is 0 Å². The van der Waals surface area contributed by atoms with Gasteiger partial charge >= 0.3 is 12.1 Å². The van der Waals surface area contributed by atoms with Crippen LogP contribution in [0.2, 0.25) is 0 Å². The van der Waals surface area contributed by atoms with Crippen LogP contribution in [0.3, 0.4) is 0 Å². The molecule has 1 aliphatic heterocycles. The average molecular weight is 279 g/mol. The van der Waals surface area contributed by atoms with E-state index in [-0.39, 0.29) is 12.3 Å². The molecule has 19 heavy (non-hydrogen) atoms. The van der Waals surface area contributed by atoms with Crippen molar-refractivity contribution in [1.82, 2.24) is 5.32 Å². The lowest BCUT2D eigenvalue weighted by molar-refractivity contribution is -0.140. The minimum Gasteiger partial charge on any atom is -0.478 e. The number of carboxylic acid groups (broad SMARTS) is 1. The fourth-order valence-corrected chi connectivity index (χ4v) is 2.24. The van der Waals surface area contributed by atoms with Crippen molar-refractivity contribution >= 4 is 11.9 Å². The molecule has 2 atom stereocenters. The first-order chi connectivity index (χ1) is 8.55. The number of amides is 1. The molecule has 0 bridgehead atoms. The predicted molar refractivity (Wildman–Crippen MR) is 61.0 cm³/mol. The molecule has 0 saturated heterocycles. The van der Waals surface area contributed by atoms with Gasteiger partial charge in [-0.1, -0.05) is 20.8 Å². The molecule has 0 spiro atoms. The Morgan fingerprint density at radius 3 is 2.32 bits per heavy atom. The van der Waals surface area contributed by atoms with Crippen LogP contribution >= 0.6 is 0 Å². The van der Waals surface area contributed by atoms with Crippen LogP contribution in [-0.4, -0.2) is 23.2 Å². The normalized spacial score (nSPS) is 24.7. The number of carbonyl (C=O) groups excluding carboxylic acids is 1. The van der Waals surface area contributed by atoms with Gasteiger partial charge < -0.3 is 10.4 Å². The zero-order valence-corrected chi connectivity index (χ0v) is 10.8. The van der Waals surface area contributed by atoms with Gasteiger partial charge in [-0.3, -0.25) is 4.79 Å². The van der Waals surface area contributed by atoms with Crippen molar-refractivity contribution in [1.29, 1.82) is 0 Å². The Balaban J connectivity index is 3.38. The van der Waals surface area contributed by atoms with Crippen molar-refractivity contribution in [3.63, 3.8) is 0 Å². The third-order valence-corrected chi connectivity index (χ3v) is 3.14. The molecule has 0 fully saturated rings. The first kappa shape index (κ1) is 15.5. The third kappa shape index (κ3) is 3.27. The van der Waals surface area contributed by atoms with Crippen LogP contribution in [0, 0.1) is 17.8 Å². The summed E-state index contributed by atoms with van der Waals surface area (Å²) in [6.07, 6.45) is -4.66. The fourth-order valence-electron chi connectivity index (χ4n) is 2.24. The van der Waals surface area contributed by atoms with E-state index in [1.807, 2.05) is 0 Å². The second kappa shape index (κ2) is 5.22. The second-order valence-corrected chi connectivity index (χ2v) is 5.11. The van der Waals surface area contributed by atoms with Gasteiger partial charge in [-0.2, -0.15) is 13.2 Å². The first-order valence-electron chi connectivity index (χ1n) is 5.91. The summed E-state index contributed by atoms with van der Waals surface area (Å²) in [5.41, 5.74) is -2.18. The summed E-state index contributed by atoms with van der Waals surface area (Å²) in [5.74, 6) is -4.16. The van der Waals surface area contributed by atoms with E-state index in [1.165, 1.54) is 6.92 Å². The maximum absolute atomic E-state index is 12.8. The summed E-state index contributed by atoms with van der Waals surface area (Å²) in [5, 5.41) is 10.7. The number of aliphatic carboxylic acids is 1. The molecule has 108 valence electrons. The van der Waals surface area contributed by atoms with Crippen molar-refractivity contribution < 1.29 is 27.9 Å². The summed E-state index contributed by atoms with van der Waals surface area (Å²) >= 11 is 0. The molecule has 0 aromatic rings. The van der Waals surface area contributed by atoms with Gasteiger partial charge in [0.15, 0.2) is 0 Å². The van der Waals surface area contributed by atoms with Gasteiger partial charge in [0.1, 0.15) is 5.70 Å². The number of allylic oxidation sites excluding steroid dienone is 1. The molecule has 2 N–H and O–H groups in total. The summed E-state index contributed by atoms with van der Waals surface area (Å²) in [6, 6.07) is 0. The molecule has 0 aliphatic carbocycles. The molecule has 1 heterocycles. The summed E-state index contributed by atoms with van der Waals surface area (Å²) in [6.45, 7) is 4.98. The van der Waals surface area contributed by atoms with E-state index in [1.54, 1.807) is 19.2 Å². The minimum absolute atomic E-state index is 0.0119. The molecular formula is C12H16F3NO3. The maximum Gasteiger partial charge on any atom is 0.431 e. The monoisotopic (exact) mass is 279 g/mol. The minimum atomic E-state index is -4.88. The lowest BCUT2D eigenvalue weighted by Crippen LogP contribution is -2.46. The molecule has 0 aromatic heterocycles. The van der Waals surface area contributed by atoms with Crippen LogP contribution in [0.1, 0.15) is 27.2 Å². The number of hydrogen-bond donors (Lipinski definition) is 2. The maximum atomic E-state index is 12.8. The van der Waals surface area contributed by atoms with Gasteiger partial charge in [-0.05, 0) is 12.3 Å². The zero-order valence-electron chi connectivity index (χ0n) is 10.8. The van der Waals surface area contributed by atoms with E-state index in [4.69, 9.17) is 5.11 Å². The quantitative estimate of drug-likeness (QED) is 0.833. The van der Waals surface area contributed by atoms with Crippen molar-refractivity contribution in [2.24, 2.45) is 17.8 Å². The molecule has 1 amide bonds. The van der Waals surface area contributed by atoms with Gasteiger partial charge in [0, 0.05) is 11.8 Å². The van der Waals surface area contributed by atoms with Gasteiger partial charge in [0.2, 0.25) is 5.91 Å². The molecular weight excluding hydrogens is 263 g/mol. The van der Waals surface area contributed by atoms with Crippen LogP contribution < -0.4 is 5.32 Å². The highest BCUT2D eigenvalue weighted by molar-refractivity contribution is 5.94. The Morgan fingerprint density at radius 2 is 1.95 bits per heavy atom. The molecule has 0 radical (unpaired) electrons. The van der Waals surface area contributed by atoms with E-state index >= 15 is 0 Å². The Labute approximate surface area is 108 Å². The standard InChI is InChI=1S/C12H16F3NO3/c1-5(2)4-7-6(3)10(17)16-9(12(13,14)15)8(7)11(18)19/h5-7H,4H2,1-3H3,(H,16,17)(H,18,19). The van der Waals surface area contributed by atoms with Crippen LogP contribution in [0.5, 0.6) is 0 Å². The molecule has 4 nitrogen and oxygen atoms in total. The second-order valence-electron chi connectivity index (χ2n) is 5.11. The summed E-state index contributed by atoms with van der Waals surface area (Å²) in [4.78, 5) is 22.7. The predicted octanol–water partition coefficient (Wildman–Crippen LogP) is 2.32. The number of halogens is 3. The number of carbonyl (C=O) groups is 2. The van der Waals surface area contributed by atoms with Gasteiger partial charge in [-0.25, -0.2) is 4.79 Å². The fraction of sp³-hybridized carbons (Fsp3) is 0.667. The van der Waals surface area contributed by atoms with E-state index in [9.17, 15) is 22.8 Å². The van der Waals surface area contributed by atoms with E-state index < -0.39 is 41.2 Å². The summed E-state index contributed by atoms with van der Waals surface area (Å²) < 4.78 is 38.5. The third-order valence-electron chi connectivity index (χ3n) is 3.14. The number of carboxylic acids is 1. The van der Waals surface area contributed by atoms with Crippen LogP contribution in [-0.2, 0) is 9.59 Å². The van der Waals surface area contributed by atoms with Gasteiger partial charge in [0.05, 0.1) is 5.57 Å². The Hall–Kier alpha value is -1.53. The van der Waals surface area contributed by atoms with E-state index in [0.29, 0.717) is 0 Å². The molecule has 0 aromatic carbocycles. The largest absolute Gasteiger partial charge is 0.478 e. The summed E-state index contributed by atoms with van der Waals surface area (Å²) in [7, 11) is 0. The highest BCUT2D eigenvalue weighted by atomic mass is 19.4. The Kier molecular flexibility index (Phi) is 4.27. The molecule has 1 aliphatic rings. The highest BCUT2D eigenvalue weighted by Crippen LogP contribution is 2.38. The van der Waals surface area contributed by atoms with Crippen LogP contribution in [0.4, 0.5) is 13.2 Å². The molecule has 0 saturated carbocycles. The van der Waals surface area contributed by atoms with Crippen LogP contribution in [0.15, 0.2) is 11.3 Å². The van der Waals surface area contributed by atoms with Gasteiger partial charge in [0.25, 0.3) is 0 Å². The van der Waals surface area contributed by atoms with E-state index in [2.05, 4.69) is 0 Å². The lowest BCUT2D eigenvalue weighted by atomic mass is 9.77. The van der Waals surface area contributed by atoms with E-state index in [0.717, 1.165) is 0 Å². The molecule has 7 heteroatoms. The van der Waals surface area contributed by atoms with Crippen molar-refractivity contribution in [3.8, 4) is 0 Å². The zero-order chi connectivity index (χ0) is 15.0. The lowest BCUT2D eigenvalue weighted by Gasteiger charge is -2.33. The number of rotatable bonds is 3. The smallest absolute Gasteiger partial charge is 0.431 e. The Bertz CT molecular complexity index is 426. The first-order valence-corrected chi connectivity index (χ1v) is 5.91. The highest BCUT2D eigenvalue weighted by Gasteiger charge is 2.47. The Morgan fingerprint density at radius 1 is 1.42 bits per heavy atom. The van der Waals surface area contributed by atoms with Crippen molar-refractivity contribution in [3.05, 3.63) is 11.3 Å².